The molecule has 0 saturated heterocycles. The van der Waals surface area contributed by atoms with E-state index in [0.29, 0.717) is 43.0 Å². The van der Waals surface area contributed by atoms with Gasteiger partial charge < -0.3 is 39.3 Å². The fourth-order valence-corrected chi connectivity index (χ4v) is 11.6. The summed E-state index contributed by atoms with van der Waals surface area (Å²) in [5, 5.41) is 30.2. The Bertz CT molecular complexity index is 2490. The topological polar surface area (TPSA) is 148 Å². The van der Waals surface area contributed by atoms with Crippen LogP contribution < -0.4 is 14.8 Å². The normalized spacial score (nSPS) is 21.0. The van der Waals surface area contributed by atoms with E-state index >= 15 is 4.79 Å². The van der Waals surface area contributed by atoms with Crippen molar-refractivity contribution in [2.24, 2.45) is 22.9 Å². The number of aliphatic hydroxyl groups excluding tert-OH is 2. The summed E-state index contributed by atoms with van der Waals surface area (Å²) >= 11 is 0. The van der Waals surface area contributed by atoms with Crippen LogP contribution in [0.5, 0.6) is 11.5 Å². The minimum Gasteiger partial charge on any atom is -0.459 e. The molecular weight excluding hydrogens is 943 g/mol. The number of amides is 2. The van der Waals surface area contributed by atoms with Crippen LogP contribution in [0.4, 0.5) is 9.59 Å². The number of oxime groups is 1. The summed E-state index contributed by atoms with van der Waals surface area (Å²) in [6.45, 7) is 11.5. The third-order valence-corrected chi connectivity index (χ3v) is 15.3. The molecule has 4 aromatic rings. The molecule has 12 heteroatoms. The van der Waals surface area contributed by atoms with Crippen molar-refractivity contribution in [3.63, 3.8) is 0 Å². The lowest BCUT2D eigenvalue weighted by Crippen LogP contribution is -2.70. The van der Waals surface area contributed by atoms with Crippen molar-refractivity contribution in [1.29, 1.82) is 0 Å². The maximum Gasteiger partial charge on any atom is 0.412 e. The molecule has 12 nitrogen and oxygen atoms in total. The summed E-state index contributed by atoms with van der Waals surface area (Å²) in [5.41, 5.74) is 4.29. The first kappa shape index (κ1) is 56.8. The number of carbonyl (C=O) groups excluding carboxylic acids is 2. The van der Waals surface area contributed by atoms with E-state index in [9.17, 15) is 15.0 Å². The van der Waals surface area contributed by atoms with Gasteiger partial charge >= 0.3 is 12.2 Å². The largest absolute Gasteiger partial charge is 0.459 e. The Morgan fingerprint density at radius 3 is 2.29 bits per heavy atom. The third kappa shape index (κ3) is 15.1. The Hall–Kier alpha value is -5.95. The number of benzene rings is 4. The molecule has 7 rings (SSSR count). The van der Waals surface area contributed by atoms with Gasteiger partial charge in [0.2, 0.25) is 5.79 Å². The fraction of sp³-hybridized carbons (Fsp3) is 0.508. The van der Waals surface area contributed by atoms with Crippen molar-refractivity contribution in [2.75, 3.05) is 33.0 Å². The van der Waals surface area contributed by atoms with Gasteiger partial charge in [-0.15, -0.1) is 13.2 Å². The van der Waals surface area contributed by atoms with Gasteiger partial charge in [-0.3, -0.25) is 4.90 Å². The zero-order chi connectivity index (χ0) is 52.7. The van der Waals surface area contributed by atoms with Gasteiger partial charge in [0.15, 0.2) is 0 Å². The monoisotopic (exact) mass is 1030 g/mol. The molecule has 1 heterocycles. The average molecular weight is 1030 g/mol. The molecule has 0 bridgehead atoms. The molecule has 0 spiro atoms. The Morgan fingerprint density at radius 1 is 0.827 bits per heavy atom. The maximum atomic E-state index is 15.1. The van der Waals surface area contributed by atoms with Crippen molar-refractivity contribution in [3.05, 3.63) is 145 Å². The van der Waals surface area contributed by atoms with Gasteiger partial charge in [-0.25, -0.2) is 9.59 Å². The first-order valence-electron chi connectivity index (χ1n) is 28.1. The summed E-state index contributed by atoms with van der Waals surface area (Å²) in [4.78, 5) is 36.7. The number of nitrogens with one attached hydrogen (secondary N) is 1. The fourth-order valence-electron chi connectivity index (χ4n) is 11.6. The molecular formula is C63H83N3O9. The predicted octanol–water partition coefficient (Wildman–Crippen LogP) is 13.9. The maximum absolute atomic E-state index is 15.1. The molecule has 1 fully saturated rings. The summed E-state index contributed by atoms with van der Waals surface area (Å²) in [7, 11) is 0. The SMILES string of the molecule is C=CCCOC(=O)N(Cc1cccc2ccccc12)[C@H]1CC(=NOCc2ccccc2)C2=C[C@H](CCCCO)[C@@H](CCCCO)[C@@H]3c4cc(OC(=O)NCCCCCCCCCCCC)ccc4O[C@@]1(OCC=C)[C@H]23. The van der Waals surface area contributed by atoms with Crippen molar-refractivity contribution < 1.29 is 43.6 Å². The highest BCUT2D eigenvalue weighted by atomic mass is 16.7. The van der Waals surface area contributed by atoms with Crippen molar-refractivity contribution in [1.82, 2.24) is 10.2 Å². The second-order valence-corrected chi connectivity index (χ2v) is 20.5. The van der Waals surface area contributed by atoms with Crippen LogP contribution in [0.2, 0.25) is 0 Å². The molecule has 2 amide bonds. The Labute approximate surface area is 446 Å². The number of ether oxygens (including phenoxy) is 4. The number of fused-ring (bicyclic) bond motifs is 3. The third-order valence-electron chi connectivity index (χ3n) is 15.3. The standard InChI is InChI=1S/C63H83N3O9/c1-4-7-9-10-11-12-13-14-15-23-37-64-61(69)74-51-35-36-57-55(43-51)59-53(34-22-25-39-68)49(30-21-24-38-67)42-54-56(65-73-46-47-27-17-16-18-28-47)44-58(63(75-57,60(54)59)72-40-6-3)66(62(70)71-41-8-5-2)45-50-32-26-31-48-29-19-20-33-52(48)50/h5-6,16-20,26-29,31-33,35-36,42-43,49,53,58-60,67-68H,2-4,7-15,21-25,30,34,37-41,44-46H2,1H3,(H,64,69)/t49-,53+,58-,59+,60+,63+/m0/s1. The van der Waals surface area contributed by atoms with Crippen LogP contribution in [0, 0.1) is 17.8 Å². The number of carbonyl (C=O) groups is 2. The van der Waals surface area contributed by atoms with Gasteiger partial charge in [0.1, 0.15) is 24.1 Å². The summed E-state index contributed by atoms with van der Waals surface area (Å²) in [6, 6.07) is 28.9. The van der Waals surface area contributed by atoms with Gasteiger partial charge in [-0.1, -0.05) is 174 Å². The first-order chi connectivity index (χ1) is 36.8. The highest BCUT2D eigenvalue weighted by molar-refractivity contribution is 6.03. The number of nitrogens with zero attached hydrogens (tertiary/aromatic N) is 2. The minimum atomic E-state index is -1.53. The van der Waals surface area contributed by atoms with E-state index in [1.165, 1.54) is 44.9 Å². The smallest absolute Gasteiger partial charge is 0.412 e. The molecule has 0 aromatic heterocycles. The lowest BCUT2D eigenvalue weighted by molar-refractivity contribution is -0.256. The molecule has 0 radical (unpaired) electrons. The number of aliphatic hydroxyl groups is 2. The van der Waals surface area contributed by atoms with E-state index in [-0.39, 0.29) is 63.8 Å². The molecule has 404 valence electrons. The second kappa shape index (κ2) is 30.0. The van der Waals surface area contributed by atoms with Crippen LogP contribution in [0.15, 0.2) is 133 Å². The Morgan fingerprint density at radius 2 is 1.55 bits per heavy atom. The van der Waals surface area contributed by atoms with Crippen molar-refractivity contribution in [2.45, 2.75) is 153 Å². The second-order valence-electron chi connectivity index (χ2n) is 20.5. The van der Waals surface area contributed by atoms with Crippen molar-refractivity contribution >= 4 is 28.7 Å². The van der Waals surface area contributed by atoms with Crippen LogP contribution in [-0.4, -0.2) is 77.8 Å². The van der Waals surface area contributed by atoms with E-state index < -0.39 is 29.9 Å². The molecule has 0 unspecified atom stereocenters. The quantitative estimate of drug-likeness (QED) is 0.0247. The van der Waals surface area contributed by atoms with Gasteiger partial charge in [0.25, 0.3) is 0 Å². The van der Waals surface area contributed by atoms with E-state index in [4.69, 9.17) is 28.9 Å². The first-order valence-corrected chi connectivity index (χ1v) is 28.1. The average Bonchev–Trinajstić information content (AvgIpc) is 3.46. The van der Waals surface area contributed by atoms with E-state index in [2.05, 4.69) is 49.7 Å². The summed E-state index contributed by atoms with van der Waals surface area (Å²) in [5.74, 6) is -1.52. The molecule has 3 N–H and O–H groups in total. The lowest BCUT2D eigenvalue weighted by Gasteiger charge is -2.59. The number of hydrogen-bond acceptors (Lipinski definition) is 10. The number of unbranched alkanes of at least 4 members (excludes halogenated alkanes) is 11. The van der Waals surface area contributed by atoms with Crippen LogP contribution in [0.1, 0.15) is 145 Å². The predicted molar refractivity (Wildman–Crippen MR) is 298 cm³/mol. The zero-order valence-electron chi connectivity index (χ0n) is 44.5. The highest BCUT2D eigenvalue weighted by Gasteiger charge is 2.66. The number of hydrogen-bond donors (Lipinski definition) is 3. The van der Waals surface area contributed by atoms with Crippen LogP contribution in [-0.2, 0) is 27.5 Å². The summed E-state index contributed by atoms with van der Waals surface area (Å²) in [6.07, 6.45) is 21.8. The van der Waals surface area contributed by atoms with Gasteiger partial charge in [-0.05, 0) is 96.0 Å². The number of allylic oxidation sites excluding steroid dienone is 1. The van der Waals surface area contributed by atoms with Crippen LogP contribution >= 0.6 is 0 Å². The van der Waals surface area contributed by atoms with Gasteiger partial charge in [0, 0.05) is 37.7 Å². The molecule has 75 heavy (non-hydrogen) atoms. The minimum absolute atomic E-state index is 0.00927. The lowest BCUT2D eigenvalue weighted by atomic mass is 9.55. The Kier molecular flexibility index (Phi) is 22.7. The number of rotatable bonds is 32. The zero-order valence-corrected chi connectivity index (χ0v) is 44.5. The molecule has 4 aromatic carbocycles. The molecule has 3 aliphatic rings. The molecule has 2 aliphatic carbocycles. The van der Waals surface area contributed by atoms with Gasteiger partial charge in [-0.2, -0.15) is 0 Å². The van der Waals surface area contributed by atoms with E-state index in [1.807, 2.05) is 66.7 Å². The van der Waals surface area contributed by atoms with E-state index in [1.54, 1.807) is 23.1 Å². The summed E-state index contributed by atoms with van der Waals surface area (Å²) < 4.78 is 26.9. The molecule has 6 atom stereocenters. The molecule has 1 aliphatic heterocycles. The van der Waals surface area contributed by atoms with Gasteiger partial charge in [0.05, 0.1) is 31.4 Å². The Balaban J connectivity index is 1.32. The van der Waals surface area contributed by atoms with Crippen LogP contribution in [0.3, 0.4) is 0 Å². The highest BCUT2D eigenvalue weighted by Crippen LogP contribution is 2.62. The van der Waals surface area contributed by atoms with Crippen LogP contribution in [0.25, 0.3) is 10.8 Å². The van der Waals surface area contributed by atoms with Crippen molar-refractivity contribution in [3.8, 4) is 11.5 Å². The van der Waals surface area contributed by atoms with E-state index in [0.717, 1.165) is 78.0 Å². The molecule has 1 saturated carbocycles.